The van der Waals surface area contributed by atoms with Crippen molar-refractivity contribution in [2.75, 3.05) is 28.4 Å². The Morgan fingerprint density at radius 1 is 0.733 bits per heavy atom. The summed E-state index contributed by atoms with van der Waals surface area (Å²) in [6.07, 6.45) is 3.79. The van der Waals surface area contributed by atoms with E-state index in [-0.39, 0.29) is 43.5 Å². The third kappa shape index (κ3) is 6.15. The van der Waals surface area contributed by atoms with Crippen molar-refractivity contribution in [2.45, 2.75) is 62.4 Å². The Labute approximate surface area is 303 Å². The van der Waals surface area contributed by atoms with Crippen LogP contribution < -0.4 is 0 Å². The Hall–Kier alpha value is -0.460. The molecule has 45 heavy (non-hydrogen) atoms. The van der Waals surface area contributed by atoms with E-state index in [0.29, 0.717) is 5.76 Å². The Morgan fingerprint density at radius 2 is 1.20 bits per heavy atom. The van der Waals surface area contributed by atoms with E-state index in [1.54, 1.807) is 6.07 Å². The second kappa shape index (κ2) is 15.4. The molecule has 4 atom stereocenters. The molecule has 0 saturated heterocycles. The molecule has 0 spiro atoms. The van der Waals surface area contributed by atoms with E-state index in [0.717, 1.165) is 17.1 Å². The van der Waals surface area contributed by atoms with Crippen LogP contribution >= 0.6 is 92.8 Å². The van der Waals surface area contributed by atoms with E-state index in [9.17, 15) is 0 Å². The largest absolute Gasteiger partial charge is 0.361 e. The van der Waals surface area contributed by atoms with Gasteiger partial charge in [0.15, 0.2) is 5.76 Å². The van der Waals surface area contributed by atoms with E-state index in [4.69, 9.17) is 121 Å². The molecule has 1 fully saturated rings. The average Bonchev–Trinajstić information content (AvgIpc) is 3.72. The van der Waals surface area contributed by atoms with Crippen molar-refractivity contribution in [2.24, 2.45) is 5.92 Å². The highest BCUT2D eigenvalue weighted by molar-refractivity contribution is 6.54. The molecule has 2 aromatic heterocycles. The number of rotatable bonds is 6. The van der Waals surface area contributed by atoms with Crippen molar-refractivity contribution in [3.8, 4) is 0 Å². The molecule has 16 heteroatoms. The van der Waals surface area contributed by atoms with Crippen LogP contribution in [-0.2, 0) is 18.9 Å². The molecule has 2 bridgehead atoms. The smallest absolute Gasteiger partial charge is 0.246 e. The maximum atomic E-state index is 6.96. The van der Waals surface area contributed by atoms with E-state index >= 15 is 0 Å². The lowest BCUT2D eigenvalue weighted by Crippen LogP contribution is -2.57. The number of methoxy groups -OCH3 is 4. The molecular weight excluding hydrogens is 756 g/mol. The Bertz CT molecular complexity index is 1470. The minimum absolute atomic E-state index is 0. The maximum absolute atomic E-state index is 6.96. The molecule has 5 rings (SSSR count). The normalized spacial score (nSPS) is 27.9. The number of alkyl halides is 2. The van der Waals surface area contributed by atoms with Gasteiger partial charge in [0.25, 0.3) is 0 Å². The van der Waals surface area contributed by atoms with Crippen LogP contribution in [0.4, 0.5) is 0 Å². The molecule has 252 valence electrons. The Kier molecular flexibility index (Phi) is 13.9. The molecule has 0 aliphatic heterocycles. The predicted molar refractivity (Wildman–Crippen MR) is 183 cm³/mol. The molecular formula is C29H34Cl8N2O6. The number of hydrogen-bond donors (Lipinski definition) is 0. The molecule has 2 heterocycles. The molecule has 0 aromatic carbocycles. The van der Waals surface area contributed by atoms with E-state index in [1.165, 1.54) is 28.4 Å². The maximum Gasteiger partial charge on any atom is 0.246 e. The van der Waals surface area contributed by atoms with Crippen molar-refractivity contribution in [1.82, 2.24) is 10.3 Å². The lowest BCUT2D eigenvalue weighted by Gasteiger charge is -2.41. The first-order valence-corrected chi connectivity index (χ1v) is 15.8. The summed E-state index contributed by atoms with van der Waals surface area (Å²) in [6.45, 7) is 7.58. The lowest BCUT2D eigenvalue weighted by molar-refractivity contribution is -0.219. The zero-order chi connectivity index (χ0) is 33.4. The fourth-order valence-electron chi connectivity index (χ4n) is 5.58. The first-order chi connectivity index (χ1) is 20.6. The van der Waals surface area contributed by atoms with Crippen LogP contribution in [0.25, 0.3) is 6.08 Å². The number of fused-ring (bicyclic) bond motifs is 2. The fraction of sp³-hybridized carbons (Fsp3) is 0.517. The second-order valence-corrected chi connectivity index (χ2v) is 13.3. The molecule has 3 aliphatic rings. The zero-order valence-electron chi connectivity index (χ0n) is 24.8. The third-order valence-electron chi connectivity index (χ3n) is 7.58. The standard InChI is InChI=1S/C14H15Cl4NO3.C7H6Cl4O2.C7H9NO.CH4/c1-6-5-8(22-19-6)9-7(2)12(17)10(15)11(16)13(9,18)14(12,20-3)21-4;1-12-7(13-2)5(10)3(8)4(9)6(7)11;1-3-4-7-5-6(2)8-9-7;/h5,7,9H,1-4H3;1-2H3;3-5H,1-2H3;1H4. The number of aromatic nitrogens is 2. The van der Waals surface area contributed by atoms with Crippen LogP contribution in [0.2, 0.25) is 0 Å². The van der Waals surface area contributed by atoms with E-state index in [1.807, 2.05) is 45.9 Å². The molecule has 0 radical (unpaired) electrons. The molecule has 0 amide bonds. The highest BCUT2D eigenvalue weighted by atomic mass is 35.5. The number of nitrogens with zero attached hydrogens (tertiary/aromatic N) is 2. The van der Waals surface area contributed by atoms with Gasteiger partial charge in [0.2, 0.25) is 11.6 Å². The van der Waals surface area contributed by atoms with Crippen molar-refractivity contribution in [3.05, 3.63) is 71.3 Å². The highest BCUT2D eigenvalue weighted by Gasteiger charge is 2.84. The van der Waals surface area contributed by atoms with Crippen molar-refractivity contribution in [3.63, 3.8) is 0 Å². The van der Waals surface area contributed by atoms with Crippen molar-refractivity contribution in [1.29, 1.82) is 0 Å². The Morgan fingerprint density at radius 3 is 1.53 bits per heavy atom. The molecule has 1 saturated carbocycles. The van der Waals surface area contributed by atoms with Crippen LogP contribution in [0.3, 0.4) is 0 Å². The number of aryl methyl sites for hydroxylation is 2. The van der Waals surface area contributed by atoms with Crippen LogP contribution in [0.5, 0.6) is 0 Å². The summed E-state index contributed by atoms with van der Waals surface area (Å²) in [5.41, 5.74) is 1.66. The SMILES string of the molecule is C.CC=Cc1cc(C)no1.COC1(OC)C(Cl)=C(Cl)C(Cl)=C1Cl.COC1(OC)C2(Cl)C(Cl)=C(Cl)C1(Cl)C(c1cc(C)no1)C2C. The molecule has 2 aromatic rings. The third-order valence-corrected chi connectivity index (χ3v) is 12.2. The van der Waals surface area contributed by atoms with Crippen LogP contribution in [0, 0.1) is 19.8 Å². The predicted octanol–water partition coefficient (Wildman–Crippen LogP) is 10.4. The molecule has 4 unspecified atom stereocenters. The van der Waals surface area contributed by atoms with Gasteiger partial charge in [-0.1, -0.05) is 100 Å². The van der Waals surface area contributed by atoms with Gasteiger partial charge in [-0.15, -0.1) is 23.2 Å². The summed E-state index contributed by atoms with van der Waals surface area (Å²) in [4.78, 5) is -2.52. The fourth-order valence-corrected chi connectivity index (χ4v) is 9.05. The monoisotopic (exact) mass is 786 g/mol. The van der Waals surface area contributed by atoms with Gasteiger partial charge >= 0.3 is 0 Å². The van der Waals surface area contributed by atoms with Crippen LogP contribution in [-0.4, -0.2) is 60.1 Å². The van der Waals surface area contributed by atoms with Crippen LogP contribution in [0.15, 0.2) is 57.4 Å². The van der Waals surface area contributed by atoms with Crippen molar-refractivity contribution < 1.29 is 28.0 Å². The summed E-state index contributed by atoms with van der Waals surface area (Å²) < 4.78 is 31.7. The first-order valence-electron chi connectivity index (χ1n) is 12.8. The molecule has 3 aliphatic carbocycles. The molecule has 0 N–H and O–H groups in total. The second-order valence-electron chi connectivity index (χ2n) is 9.86. The number of hydrogen-bond acceptors (Lipinski definition) is 8. The summed E-state index contributed by atoms with van der Waals surface area (Å²) in [5, 5.41) is 8.66. The highest BCUT2D eigenvalue weighted by Crippen LogP contribution is 2.75. The number of ether oxygens (including phenoxy) is 4. The van der Waals surface area contributed by atoms with E-state index < -0.39 is 27.2 Å². The average molecular weight is 790 g/mol. The topological polar surface area (TPSA) is 89.0 Å². The van der Waals surface area contributed by atoms with Gasteiger partial charge in [0, 0.05) is 40.6 Å². The minimum atomic E-state index is -1.41. The van der Waals surface area contributed by atoms with Gasteiger partial charge in [-0.05, 0) is 32.8 Å². The van der Waals surface area contributed by atoms with Crippen LogP contribution in [0.1, 0.15) is 50.1 Å². The summed E-state index contributed by atoms with van der Waals surface area (Å²) in [7, 11) is 5.73. The van der Waals surface area contributed by atoms with Gasteiger partial charge < -0.3 is 28.0 Å². The quantitative estimate of drug-likeness (QED) is 0.211. The lowest BCUT2D eigenvalue weighted by atomic mass is 9.81. The van der Waals surface area contributed by atoms with Gasteiger partial charge in [-0.25, -0.2) is 0 Å². The van der Waals surface area contributed by atoms with E-state index in [2.05, 4.69) is 10.3 Å². The van der Waals surface area contributed by atoms with Gasteiger partial charge in [0.1, 0.15) is 25.6 Å². The van der Waals surface area contributed by atoms with Gasteiger partial charge in [-0.3, -0.25) is 0 Å². The summed E-state index contributed by atoms with van der Waals surface area (Å²) >= 11 is 50.0. The van der Waals surface area contributed by atoms with Crippen molar-refractivity contribution >= 4 is 98.9 Å². The zero-order valence-corrected chi connectivity index (χ0v) is 30.9. The number of allylic oxidation sites excluding steroid dienone is 3. The first kappa shape index (κ1) is 40.7. The van der Waals surface area contributed by atoms with Gasteiger partial charge in [-0.2, -0.15) is 0 Å². The molecule has 8 nitrogen and oxygen atoms in total. The Balaban J connectivity index is 0.000000261. The summed E-state index contributed by atoms with van der Waals surface area (Å²) in [6, 6.07) is 3.69. The summed E-state index contributed by atoms with van der Waals surface area (Å²) in [5.74, 6) is -2.02. The number of halogens is 8. The van der Waals surface area contributed by atoms with Gasteiger partial charge in [0.05, 0.1) is 37.4 Å². The minimum Gasteiger partial charge on any atom is -0.361 e.